The van der Waals surface area contributed by atoms with Gasteiger partial charge in [-0.05, 0) is 78.5 Å². The van der Waals surface area contributed by atoms with Crippen molar-refractivity contribution in [1.82, 2.24) is 14.5 Å². The predicted molar refractivity (Wildman–Crippen MR) is 147 cm³/mol. The molecule has 1 aliphatic heterocycles. The van der Waals surface area contributed by atoms with E-state index in [1.165, 1.54) is 0 Å². The largest absolute Gasteiger partial charge is 0.496 e. The van der Waals surface area contributed by atoms with Crippen LogP contribution in [0.3, 0.4) is 0 Å². The van der Waals surface area contributed by atoms with E-state index in [4.69, 9.17) is 4.74 Å². The molecule has 4 unspecified atom stereocenters. The van der Waals surface area contributed by atoms with E-state index < -0.39 is 6.17 Å². The topological polar surface area (TPSA) is 67.3 Å². The molecule has 2 aromatic heterocycles. The summed E-state index contributed by atoms with van der Waals surface area (Å²) in [6.45, 7) is 11.3. The van der Waals surface area contributed by atoms with E-state index in [9.17, 15) is 14.0 Å². The lowest BCUT2D eigenvalue weighted by Gasteiger charge is -2.41. The van der Waals surface area contributed by atoms with Crippen LogP contribution >= 0.6 is 0 Å². The number of nitrogens with zero attached hydrogens (tertiary/aromatic N) is 2. The van der Waals surface area contributed by atoms with Gasteiger partial charge in [-0.15, -0.1) is 0 Å². The average molecular weight is 510 g/mol. The number of alkyl halides is 1. The summed E-state index contributed by atoms with van der Waals surface area (Å²) in [5, 5.41) is 0.957. The van der Waals surface area contributed by atoms with E-state index in [1.807, 2.05) is 32.0 Å². The molecule has 1 aromatic carbocycles. The molecule has 0 aliphatic carbocycles. The highest BCUT2D eigenvalue weighted by Crippen LogP contribution is 2.37. The van der Waals surface area contributed by atoms with Crippen LogP contribution in [0.25, 0.3) is 10.9 Å². The molecule has 4 atom stereocenters. The molecular weight excluding hydrogens is 469 g/mol. The van der Waals surface area contributed by atoms with Gasteiger partial charge in [-0.2, -0.15) is 0 Å². The fraction of sp³-hybridized carbons (Fsp3) is 0.533. The molecular formula is C30H40FN3O3. The lowest BCUT2D eigenvalue weighted by molar-refractivity contribution is 0.0805. The zero-order chi connectivity index (χ0) is 26.9. The van der Waals surface area contributed by atoms with Crippen molar-refractivity contribution in [3.63, 3.8) is 0 Å². The Balaban J connectivity index is 1.61. The SMILES string of the molecule is COc1cc(C)[nH]c(=O)c1CCC(=O)c1c(C)n(C(C)C2CCN(CC(C)F)C(C)C2)c2ccccc12. The fourth-order valence-corrected chi connectivity index (χ4v) is 6.24. The van der Waals surface area contributed by atoms with Gasteiger partial charge in [-0.1, -0.05) is 18.2 Å². The van der Waals surface area contributed by atoms with Crippen molar-refractivity contribution < 1.29 is 13.9 Å². The minimum Gasteiger partial charge on any atom is -0.496 e. The maximum absolute atomic E-state index is 13.6. The summed E-state index contributed by atoms with van der Waals surface area (Å²) in [6.07, 6.45) is 1.72. The molecule has 0 saturated carbocycles. The lowest BCUT2D eigenvalue weighted by atomic mass is 9.86. The minimum absolute atomic E-state index is 0.0294. The number of hydrogen-bond acceptors (Lipinski definition) is 4. The number of aryl methyl sites for hydroxylation is 1. The summed E-state index contributed by atoms with van der Waals surface area (Å²) in [5.74, 6) is 0.986. The van der Waals surface area contributed by atoms with E-state index >= 15 is 0 Å². The third-order valence-electron chi connectivity index (χ3n) is 8.12. The van der Waals surface area contributed by atoms with Crippen LogP contribution in [0.4, 0.5) is 4.39 Å². The smallest absolute Gasteiger partial charge is 0.255 e. The van der Waals surface area contributed by atoms with Crippen molar-refractivity contribution >= 4 is 16.7 Å². The fourth-order valence-electron chi connectivity index (χ4n) is 6.24. The van der Waals surface area contributed by atoms with Gasteiger partial charge in [0.05, 0.1) is 12.7 Å². The molecule has 1 saturated heterocycles. The first kappa shape index (κ1) is 27.1. The third kappa shape index (κ3) is 5.52. The Morgan fingerprint density at radius 3 is 2.65 bits per heavy atom. The number of hydrogen-bond donors (Lipinski definition) is 1. The standard InChI is InChI=1S/C30H40FN3O3/c1-18(31)17-33-14-13-23(16-20(33)3)21(4)34-22(5)29(24-9-7-8-10-26(24)34)27(35)12-11-25-28(37-6)15-19(2)32-30(25)36/h7-10,15,18,20-21,23H,11-14,16-17H2,1-6H3,(H,32,36). The van der Waals surface area contributed by atoms with Crippen LogP contribution in [-0.2, 0) is 6.42 Å². The molecule has 3 aromatic rings. The number of aromatic amines is 1. The molecule has 0 bridgehead atoms. The summed E-state index contributed by atoms with van der Waals surface area (Å²) < 4.78 is 21.4. The Bertz CT molecular complexity index is 1330. The monoisotopic (exact) mass is 509 g/mol. The number of benzene rings is 1. The molecule has 7 heteroatoms. The Hall–Kier alpha value is -2.93. The number of nitrogens with one attached hydrogen (secondary N) is 1. The number of H-pyrrole nitrogens is 1. The molecule has 4 rings (SSSR count). The number of carbonyl (C=O) groups excluding carboxylic acids is 1. The van der Waals surface area contributed by atoms with E-state index in [0.29, 0.717) is 36.2 Å². The quantitative estimate of drug-likeness (QED) is 0.371. The number of ketones is 1. The number of fused-ring (bicyclic) bond motifs is 1. The summed E-state index contributed by atoms with van der Waals surface area (Å²) in [6, 6.07) is 10.4. The van der Waals surface area contributed by atoms with Crippen molar-refractivity contribution in [2.24, 2.45) is 5.92 Å². The lowest BCUT2D eigenvalue weighted by Crippen LogP contribution is -2.44. The maximum Gasteiger partial charge on any atom is 0.255 e. The average Bonchev–Trinajstić information content (AvgIpc) is 3.15. The van der Waals surface area contributed by atoms with Gasteiger partial charge >= 0.3 is 0 Å². The Kier molecular flexibility index (Phi) is 8.22. The van der Waals surface area contributed by atoms with Crippen LogP contribution in [0.1, 0.15) is 73.4 Å². The molecule has 0 amide bonds. The number of carbonyl (C=O) groups is 1. The highest BCUT2D eigenvalue weighted by molar-refractivity contribution is 6.09. The first-order valence-electron chi connectivity index (χ1n) is 13.4. The van der Waals surface area contributed by atoms with Crippen LogP contribution in [0.15, 0.2) is 35.1 Å². The second-order valence-corrected chi connectivity index (χ2v) is 10.7. The first-order chi connectivity index (χ1) is 17.6. The van der Waals surface area contributed by atoms with E-state index in [1.54, 1.807) is 20.1 Å². The number of rotatable bonds is 9. The van der Waals surface area contributed by atoms with Crippen LogP contribution in [0.2, 0.25) is 0 Å². The maximum atomic E-state index is 13.6. The van der Waals surface area contributed by atoms with Crippen LogP contribution in [0, 0.1) is 19.8 Å². The normalized spacial score (nSPS) is 20.2. The second-order valence-electron chi connectivity index (χ2n) is 10.7. The van der Waals surface area contributed by atoms with Crippen molar-refractivity contribution in [2.75, 3.05) is 20.2 Å². The number of piperidine rings is 1. The number of likely N-dealkylation sites (tertiary alicyclic amines) is 1. The summed E-state index contributed by atoms with van der Waals surface area (Å²) >= 11 is 0. The number of aromatic nitrogens is 2. The minimum atomic E-state index is -0.823. The first-order valence-corrected chi connectivity index (χ1v) is 13.4. The molecule has 3 heterocycles. The van der Waals surface area contributed by atoms with Crippen molar-refractivity contribution in [3.8, 4) is 5.75 Å². The molecule has 0 spiro atoms. The van der Waals surface area contributed by atoms with Gasteiger partial charge in [-0.3, -0.25) is 14.5 Å². The van der Waals surface area contributed by atoms with Gasteiger partial charge in [-0.25, -0.2) is 4.39 Å². The second kappa shape index (κ2) is 11.2. The summed E-state index contributed by atoms with van der Waals surface area (Å²) in [4.78, 5) is 31.3. The van der Waals surface area contributed by atoms with Crippen LogP contribution in [0.5, 0.6) is 5.75 Å². The van der Waals surface area contributed by atoms with Gasteiger partial charge in [0.2, 0.25) is 0 Å². The third-order valence-corrected chi connectivity index (χ3v) is 8.12. The number of para-hydroxylation sites is 1. The van der Waals surface area contributed by atoms with Crippen molar-refractivity contribution in [2.45, 2.75) is 78.6 Å². The van der Waals surface area contributed by atoms with Gasteiger partial charge in [0.25, 0.3) is 5.56 Å². The van der Waals surface area contributed by atoms with Gasteiger partial charge in [0.1, 0.15) is 11.9 Å². The molecule has 37 heavy (non-hydrogen) atoms. The predicted octanol–water partition coefficient (Wildman–Crippen LogP) is 5.79. The van der Waals surface area contributed by atoms with Crippen molar-refractivity contribution in [3.05, 3.63) is 63.2 Å². The number of methoxy groups -OCH3 is 1. The molecule has 6 nitrogen and oxygen atoms in total. The molecule has 1 aliphatic rings. The van der Waals surface area contributed by atoms with Crippen molar-refractivity contribution in [1.29, 1.82) is 0 Å². The molecule has 1 fully saturated rings. The zero-order valence-electron chi connectivity index (χ0n) is 22.9. The Morgan fingerprint density at radius 2 is 1.97 bits per heavy atom. The van der Waals surface area contributed by atoms with Gasteiger partial charge in [0.15, 0.2) is 5.78 Å². The van der Waals surface area contributed by atoms with Crippen LogP contribution in [-0.4, -0.2) is 52.6 Å². The van der Waals surface area contributed by atoms with E-state index in [0.717, 1.165) is 47.2 Å². The highest BCUT2D eigenvalue weighted by Gasteiger charge is 2.32. The summed E-state index contributed by atoms with van der Waals surface area (Å²) in [5.41, 5.74) is 3.79. The van der Waals surface area contributed by atoms with E-state index in [-0.39, 0.29) is 23.8 Å². The summed E-state index contributed by atoms with van der Waals surface area (Å²) in [7, 11) is 1.54. The molecule has 200 valence electrons. The van der Waals surface area contributed by atoms with Crippen LogP contribution < -0.4 is 10.3 Å². The Labute approximate surface area is 218 Å². The number of Topliss-reactive ketones (excluding diaryl/α,β-unsaturated/α-hetero) is 1. The molecule has 0 radical (unpaired) electrons. The molecule has 1 N–H and O–H groups in total. The Morgan fingerprint density at radius 1 is 1.24 bits per heavy atom. The number of pyridine rings is 1. The zero-order valence-corrected chi connectivity index (χ0v) is 22.9. The van der Waals surface area contributed by atoms with E-state index in [2.05, 4.69) is 34.4 Å². The highest BCUT2D eigenvalue weighted by atomic mass is 19.1. The number of halogens is 1. The number of ether oxygens (including phenoxy) is 1. The van der Waals surface area contributed by atoms with Gasteiger partial charge < -0.3 is 14.3 Å². The van der Waals surface area contributed by atoms with Gasteiger partial charge in [0, 0.05) is 52.9 Å².